The van der Waals surface area contributed by atoms with Crippen LogP contribution in [0.1, 0.15) is 32.4 Å². The number of fused-ring (bicyclic) bond motifs is 1. The van der Waals surface area contributed by atoms with Crippen molar-refractivity contribution in [3.05, 3.63) is 73.6 Å². The smallest absolute Gasteiger partial charge is 0.332 e. The Balaban J connectivity index is 2.32. The molecule has 8 heteroatoms. The highest BCUT2D eigenvalue weighted by molar-refractivity contribution is 6.31. The van der Waals surface area contributed by atoms with Gasteiger partial charge in [-0.3, -0.25) is 13.9 Å². The molecule has 0 fully saturated rings. The van der Waals surface area contributed by atoms with E-state index >= 15 is 0 Å². The number of hydrogen-bond acceptors (Lipinski definition) is 4. The summed E-state index contributed by atoms with van der Waals surface area (Å²) < 4.78 is 21.6. The van der Waals surface area contributed by atoms with E-state index in [1.165, 1.54) is 10.6 Å². The summed E-state index contributed by atoms with van der Waals surface area (Å²) in [4.78, 5) is 26.4. The van der Waals surface area contributed by atoms with E-state index in [-0.39, 0.29) is 22.5 Å². The second-order valence-electron chi connectivity index (χ2n) is 7.59. The van der Waals surface area contributed by atoms with Gasteiger partial charge in [0.25, 0.3) is 5.56 Å². The molecule has 1 atom stereocenters. The third kappa shape index (κ3) is 4.06. The van der Waals surface area contributed by atoms with Gasteiger partial charge < -0.3 is 9.84 Å². The average Bonchev–Trinajstić information content (AvgIpc) is 2.66. The number of halogens is 2. The minimum absolute atomic E-state index is 0.0103. The van der Waals surface area contributed by atoms with Crippen LogP contribution in [0, 0.1) is 5.82 Å². The number of aromatic nitrogens is 2. The lowest BCUT2D eigenvalue weighted by molar-refractivity contribution is 0.0609. The van der Waals surface area contributed by atoms with E-state index in [1.54, 1.807) is 52.1 Å². The molecular formula is C21H22ClFN2O4. The molecule has 0 bridgehead atoms. The van der Waals surface area contributed by atoms with Crippen molar-refractivity contribution < 1.29 is 14.2 Å². The molecule has 154 valence electrons. The van der Waals surface area contributed by atoms with Gasteiger partial charge in [0.2, 0.25) is 0 Å². The van der Waals surface area contributed by atoms with Gasteiger partial charge in [0, 0.05) is 0 Å². The summed E-state index contributed by atoms with van der Waals surface area (Å²) in [6, 6.07) is 8.60. The van der Waals surface area contributed by atoms with E-state index in [0.29, 0.717) is 11.3 Å². The van der Waals surface area contributed by atoms with E-state index in [1.807, 2.05) is 0 Å². The molecule has 1 aromatic heterocycles. The quantitative estimate of drug-likeness (QED) is 0.687. The fraction of sp³-hybridized carbons (Fsp3) is 0.333. The van der Waals surface area contributed by atoms with Gasteiger partial charge in [-0.1, -0.05) is 23.7 Å². The van der Waals surface area contributed by atoms with Gasteiger partial charge in [-0.25, -0.2) is 9.18 Å². The van der Waals surface area contributed by atoms with Crippen molar-refractivity contribution in [1.82, 2.24) is 9.13 Å². The maximum Gasteiger partial charge on any atom is 0.332 e. The van der Waals surface area contributed by atoms with Gasteiger partial charge in [-0.05, 0) is 50.6 Å². The Labute approximate surface area is 171 Å². The van der Waals surface area contributed by atoms with Crippen molar-refractivity contribution in [3.63, 3.8) is 0 Å². The lowest BCUT2D eigenvalue weighted by Crippen LogP contribution is -2.44. The Kier molecular flexibility index (Phi) is 5.56. The summed E-state index contributed by atoms with van der Waals surface area (Å²) in [7, 11) is 1.54. The molecule has 0 unspecified atom stereocenters. The number of benzene rings is 2. The molecule has 0 saturated carbocycles. The van der Waals surface area contributed by atoms with Gasteiger partial charge in [0.05, 0.1) is 41.2 Å². The molecule has 1 N–H and O–H groups in total. The first-order valence-electron chi connectivity index (χ1n) is 9.04. The Hall–Kier alpha value is -2.64. The zero-order valence-electron chi connectivity index (χ0n) is 16.6. The number of nitrogens with zero attached hydrogens (tertiary/aromatic N) is 2. The summed E-state index contributed by atoms with van der Waals surface area (Å²) in [5, 5.41) is 10.1. The highest BCUT2D eigenvalue weighted by atomic mass is 35.5. The van der Waals surface area contributed by atoms with Crippen LogP contribution >= 0.6 is 11.6 Å². The highest BCUT2D eigenvalue weighted by Gasteiger charge is 2.23. The van der Waals surface area contributed by atoms with Crippen LogP contribution in [-0.4, -0.2) is 27.0 Å². The zero-order valence-corrected chi connectivity index (χ0v) is 17.3. The lowest BCUT2D eigenvalue weighted by Gasteiger charge is -2.23. The van der Waals surface area contributed by atoms with Crippen molar-refractivity contribution in [2.45, 2.75) is 39.0 Å². The van der Waals surface area contributed by atoms with Crippen LogP contribution < -0.4 is 16.0 Å². The van der Waals surface area contributed by atoms with E-state index in [9.17, 15) is 19.1 Å². The molecule has 2 aromatic carbocycles. The largest absolute Gasteiger partial charge is 0.497 e. The molecule has 0 radical (unpaired) electrons. The minimum Gasteiger partial charge on any atom is -0.497 e. The maximum atomic E-state index is 14.1. The van der Waals surface area contributed by atoms with E-state index in [2.05, 4.69) is 0 Å². The van der Waals surface area contributed by atoms with Gasteiger partial charge in [0.15, 0.2) is 0 Å². The summed E-state index contributed by atoms with van der Waals surface area (Å²) in [5.41, 5.74) is -1.62. The topological polar surface area (TPSA) is 73.5 Å². The van der Waals surface area contributed by atoms with Crippen LogP contribution in [0.4, 0.5) is 4.39 Å². The standard InChI is InChI=1S/C21H22ClFN2O4/c1-12(13-5-7-14(29-4)8-6-13)25-19(26)15-9-17(23)16(22)10-18(15)24(20(25)27)11-21(2,3)28/h5-10,12,28H,11H2,1-4H3/t12-/m1/s1. The molecule has 0 saturated heterocycles. The molecule has 0 aliphatic carbocycles. The predicted molar refractivity (Wildman–Crippen MR) is 111 cm³/mol. The summed E-state index contributed by atoms with van der Waals surface area (Å²) >= 11 is 5.89. The molecule has 3 rings (SSSR count). The Morgan fingerprint density at radius 3 is 2.38 bits per heavy atom. The maximum absolute atomic E-state index is 14.1. The van der Waals surface area contributed by atoms with Crippen LogP contribution in [0.2, 0.25) is 5.02 Å². The Morgan fingerprint density at radius 2 is 1.83 bits per heavy atom. The Bertz CT molecular complexity index is 1180. The Morgan fingerprint density at radius 1 is 1.21 bits per heavy atom. The molecule has 0 spiro atoms. The molecule has 3 aromatic rings. The molecule has 0 amide bonds. The molecule has 29 heavy (non-hydrogen) atoms. The third-order valence-electron chi connectivity index (χ3n) is 4.75. The molecule has 6 nitrogen and oxygen atoms in total. The predicted octanol–water partition coefficient (Wildman–Crippen LogP) is 3.34. The number of hydrogen-bond donors (Lipinski definition) is 1. The van der Waals surface area contributed by atoms with Gasteiger partial charge in [-0.15, -0.1) is 0 Å². The molecule has 0 aliphatic heterocycles. The van der Waals surface area contributed by atoms with E-state index in [0.717, 1.165) is 10.6 Å². The summed E-state index contributed by atoms with van der Waals surface area (Å²) in [6.45, 7) is 4.69. The normalized spacial score (nSPS) is 12.9. The number of ether oxygens (including phenoxy) is 1. The minimum atomic E-state index is -1.25. The second kappa shape index (κ2) is 7.65. The van der Waals surface area contributed by atoms with Crippen molar-refractivity contribution in [1.29, 1.82) is 0 Å². The van der Waals surface area contributed by atoms with E-state index in [4.69, 9.17) is 16.3 Å². The van der Waals surface area contributed by atoms with Crippen LogP contribution in [0.15, 0.2) is 46.0 Å². The van der Waals surface area contributed by atoms with Crippen LogP contribution in [0.5, 0.6) is 5.75 Å². The van der Waals surface area contributed by atoms with Gasteiger partial charge >= 0.3 is 5.69 Å². The van der Waals surface area contributed by atoms with E-state index < -0.39 is 28.7 Å². The third-order valence-corrected chi connectivity index (χ3v) is 5.04. The van der Waals surface area contributed by atoms with Crippen molar-refractivity contribution in [3.8, 4) is 5.75 Å². The fourth-order valence-corrected chi connectivity index (χ4v) is 3.45. The van der Waals surface area contributed by atoms with Crippen molar-refractivity contribution in [2.75, 3.05) is 7.11 Å². The molecule has 0 aliphatic rings. The molecule has 1 heterocycles. The second-order valence-corrected chi connectivity index (χ2v) is 8.00. The SMILES string of the molecule is COc1ccc([C@@H](C)n2c(=O)c3cc(F)c(Cl)cc3n(CC(C)(C)O)c2=O)cc1. The van der Waals surface area contributed by atoms with Crippen LogP contribution in [0.3, 0.4) is 0 Å². The lowest BCUT2D eigenvalue weighted by atomic mass is 10.1. The summed E-state index contributed by atoms with van der Waals surface area (Å²) in [6.07, 6.45) is 0. The number of methoxy groups -OCH3 is 1. The van der Waals surface area contributed by atoms with Crippen molar-refractivity contribution in [2.24, 2.45) is 0 Å². The van der Waals surface area contributed by atoms with Gasteiger partial charge in [0.1, 0.15) is 11.6 Å². The molecular weight excluding hydrogens is 399 g/mol. The highest BCUT2D eigenvalue weighted by Crippen LogP contribution is 2.23. The number of aliphatic hydroxyl groups is 1. The number of rotatable bonds is 5. The first-order chi connectivity index (χ1) is 13.5. The monoisotopic (exact) mass is 420 g/mol. The zero-order chi connectivity index (χ0) is 21.5. The van der Waals surface area contributed by atoms with Crippen molar-refractivity contribution >= 4 is 22.5 Å². The van der Waals surface area contributed by atoms with Crippen LogP contribution in [-0.2, 0) is 6.54 Å². The van der Waals surface area contributed by atoms with Gasteiger partial charge in [-0.2, -0.15) is 0 Å². The average molecular weight is 421 g/mol. The summed E-state index contributed by atoms with van der Waals surface area (Å²) in [5.74, 6) is -0.115. The first-order valence-corrected chi connectivity index (χ1v) is 9.41. The fourth-order valence-electron chi connectivity index (χ4n) is 3.29. The van der Waals surface area contributed by atoms with Crippen LogP contribution in [0.25, 0.3) is 10.9 Å². The first kappa shape index (κ1) is 21.1.